The highest BCUT2D eigenvalue weighted by Crippen LogP contribution is 2.39. The van der Waals surface area contributed by atoms with Crippen LogP contribution >= 0.6 is 0 Å². The molecule has 0 aliphatic carbocycles. The molecule has 0 spiro atoms. The largest absolute Gasteiger partial charge is 0.496 e. The van der Waals surface area contributed by atoms with Gasteiger partial charge in [0.05, 0.1) is 12.7 Å². The Kier molecular flexibility index (Phi) is 3.42. The monoisotopic (exact) mass is 268 g/mol. The molecule has 2 rings (SSSR count). The topological polar surface area (TPSA) is 35.0 Å². The SMILES string of the molecule is COc1ccncc1-c1cnc(C)cc1C(F)(F)F. The number of nitrogens with zero attached hydrogens (tertiary/aromatic N) is 2. The van der Waals surface area contributed by atoms with E-state index in [9.17, 15) is 13.2 Å². The molecule has 2 heterocycles. The molecule has 0 saturated heterocycles. The fourth-order valence-corrected chi connectivity index (χ4v) is 1.77. The molecule has 6 heteroatoms. The summed E-state index contributed by atoms with van der Waals surface area (Å²) >= 11 is 0. The molecule has 0 N–H and O–H groups in total. The Morgan fingerprint density at radius 1 is 1.16 bits per heavy atom. The molecule has 0 aliphatic rings. The van der Waals surface area contributed by atoms with Crippen molar-refractivity contribution in [2.75, 3.05) is 7.11 Å². The Labute approximate surface area is 108 Å². The standard InChI is InChI=1S/C13H11F3N2O/c1-8-5-11(13(14,15)16)9(7-18-8)10-6-17-4-3-12(10)19-2/h3-7H,1-2H3. The van der Waals surface area contributed by atoms with Crippen molar-refractivity contribution >= 4 is 0 Å². The summed E-state index contributed by atoms with van der Waals surface area (Å²) in [4.78, 5) is 7.76. The third-order valence-electron chi connectivity index (χ3n) is 2.64. The van der Waals surface area contributed by atoms with Crippen molar-refractivity contribution in [2.24, 2.45) is 0 Å². The van der Waals surface area contributed by atoms with Gasteiger partial charge in [-0.25, -0.2) is 0 Å². The van der Waals surface area contributed by atoms with Gasteiger partial charge in [-0.15, -0.1) is 0 Å². The molecular formula is C13H11F3N2O. The maximum absolute atomic E-state index is 13.1. The van der Waals surface area contributed by atoms with Crippen LogP contribution in [0.4, 0.5) is 13.2 Å². The van der Waals surface area contributed by atoms with Crippen LogP contribution in [0.2, 0.25) is 0 Å². The number of aromatic nitrogens is 2. The summed E-state index contributed by atoms with van der Waals surface area (Å²) in [6.45, 7) is 1.51. The van der Waals surface area contributed by atoms with Crippen molar-refractivity contribution in [2.45, 2.75) is 13.1 Å². The van der Waals surface area contributed by atoms with Crippen molar-refractivity contribution in [3.8, 4) is 16.9 Å². The van der Waals surface area contributed by atoms with Crippen LogP contribution in [0.15, 0.2) is 30.7 Å². The van der Waals surface area contributed by atoms with E-state index in [1.807, 2.05) is 0 Å². The smallest absolute Gasteiger partial charge is 0.417 e. The molecule has 0 radical (unpaired) electrons. The van der Waals surface area contributed by atoms with Crippen LogP contribution in [-0.2, 0) is 6.18 Å². The highest BCUT2D eigenvalue weighted by atomic mass is 19.4. The quantitative estimate of drug-likeness (QED) is 0.836. The van der Waals surface area contributed by atoms with Crippen molar-refractivity contribution in [1.29, 1.82) is 0 Å². The molecule has 0 aromatic carbocycles. The van der Waals surface area contributed by atoms with E-state index in [1.54, 1.807) is 0 Å². The van der Waals surface area contributed by atoms with Gasteiger partial charge < -0.3 is 4.74 Å². The van der Waals surface area contributed by atoms with Gasteiger partial charge in [0.25, 0.3) is 0 Å². The Bertz CT molecular complexity index is 597. The first-order valence-corrected chi connectivity index (χ1v) is 5.45. The molecule has 2 aromatic heterocycles. The summed E-state index contributed by atoms with van der Waals surface area (Å²) in [5.41, 5.74) is -0.210. The molecule has 0 saturated carbocycles. The van der Waals surface area contributed by atoms with E-state index >= 15 is 0 Å². The lowest BCUT2D eigenvalue weighted by Gasteiger charge is -2.15. The zero-order valence-corrected chi connectivity index (χ0v) is 10.3. The van der Waals surface area contributed by atoms with Gasteiger partial charge in [-0.2, -0.15) is 13.2 Å². The Morgan fingerprint density at radius 3 is 2.53 bits per heavy atom. The van der Waals surface area contributed by atoms with Crippen molar-refractivity contribution < 1.29 is 17.9 Å². The van der Waals surface area contributed by atoms with E-state index in [-0.39, 0.29) is 11.1 Å². The fourth-order valence-electron chi connectivity index (χ4n) is 1.77. The van der Waals surface area contributed by atoms with E-state index in [2.05, 4.69) is 9.97 Å². The van der Waals surface area contributed by atoms with Crippen LogP contribution in [0.3, 0.4) is 0 Å². The highest BCUT2D eigenvalue weighted by Gasteiger charge is 2.34. The Hall–Kier alpha value is -2.11. The maximum Gasteiger partial charge on any atom is 0.417 e. The molecule has 2 aromatic rings. The molecule has 19 heavy (non-hydrogen) atoms. The van der Waals surface area contributed by atoms with Gasteiger partial charge in [0.2, 0.25) is 0 Å². The molecule has 3 nitrogen and oxygen atoms in total. The average Bonchev–Trinajstić information content (AvgIpc) is 2.37. The normalized spacial score (nSPS) is 11.4. The third kappa shape index (κ3) is 2.67. The summed E-state index contributed by atoms with van der Waals surface area (Å²) in [6, 6.07) is 2.52. The van der Waals surface area contributed by atoms with Crippen molar-refractivity contribution in [3.05, 3.63) is 42.0 Å². The molecular weight excluding hydrogens is 257 g/mol. The predicted octanol–water partition coefficient (Wildman–Crippen LogP) is 3.48. The molecule has 0 unspecified atom stereocenters. The number of alkyl halides is 3. The second-order valence-corrected chi connectivity index (χ2v) is 3.94. The fraction of sp³-hybridized carbons (Fsp3) is 0.231. The van der Waals surface area contributed by atoms with E-state index in [0.717, 1.165) is 6.07 Å². The van der Waals surface area contributed by atoms with Crippen LogP contribution in [0.1, 0.15) is 11.3 Å². The lowest BCUT2D eigenvalue weighted by Crippen LogP contribution is -2.09. The number of hydrogen-bond acceptors (Lipinski definition) is 3. The average molecular weight is 268 g/mol. The van der Waals surface area contributed by atoms with Gasteiger partial charge in [0, 0.05) is 35.4 Å². The van der Waals surface area contributed by atoms with Gasteiger partial charge >= 0.3 is 6.18 Å². The number of methoxy groups -OCH3 is 1. The highest BCUT2D eigenvalue weighted by molar-refractivity contribution is 5.72. The molecule has 0 aliphatic heterocycles. The minimum Gasteiger partial charge on any atom is -0.496 e. The second-order valence-electron chi connectivity index (χ2n) is 3.94. The molecule has 0 bridgehead atoms. The minimum atomic E-state index is -4.45. The van der Waals surface area contributed by atoms with Crippen LogP contribution in [-0.4, -0.2) is 17.1 Å². The van der Waals surface area contributed by atoms with Gasteiger partial charge in [-0.3, -0.25) is 9.97 Å². The summed E-state index contributed by atoms with van der Waals surface area (Å²) in [5.74, 6) is 0.325. The summed E-state index contributed by atoms with van der Waals surface area (Å²) in [5, 5.41) is 0. The predicted molar refractivity (Wildman–Crippen MR) is 63.8 cm³/mol. The number of rotatable bonds is 2. The number of halogens is 3. The summed E-state index contributed by atoms with van der Waals surface area (Å²) in [7, 11) is 1.40. The zero-order chi connectivity index (χ0) is 14.0. The van der Waals surface area contributed by atoms with Crippen molar-refractivity contribution in [1.82, 2.24) is 9.97 Å². The van der Waals surface area contributed by atoms with Gasteiger partial charge in [0.1, 0.15) is 5.75 Å². The lowest BCUT2D eigenvalue weighted by atomic mass is 10.0. The van der Waals surface area contributed by atoms with E-state index in [4.69, 9.17) is 4.74 Å². The van der Waals surface area contributed by atoms with E-state index < -0.39 is 11.7 Å². The van der Waals surface area contributed by atoms with E-state index in [1.165, 1.54) is 38.7 Å². The first-order chi connectivity index (χ1) is 8.93. The van der Waals surface area contributed by atoms with Crippen LogP contribution in [0, 0.1) is 6.92 Å². The van der Waals surface area contributed by atoms with Crippen LogP contribution in [0.5, 0.6) is 5.75 Å². The second kappa shape index (κ2) is 4.87. The van der Waals surface area contributed by atoms with Gasteiger partial charge in [-0.1, -0.05) is 0 Å². The molecule has 0 fully saturated rings. The van der Waals surface area contributed by atoms with Crippen LogP contribution < -0.4 is 4.74 Å². The van der Waals surface area contributed by atoms with Crippen LogP contribution in [0.25, 0.3) is 11.1 Å². The molecule has 0 amide bonds. The number of hydrogen-bond donors (Lipinski definition) is 0. The van der Waals surface area contributed by atoms with Crippen molar-refractivity contribution in [3.63, 3.8) is 0 Å². The van der Waals surface area contributed by atoms with Gasteiger partial charge in [-0.05, 0) is 19.1 Å². The molecule has 100 valence electrons. The number of pyridine rings is 2. The van der Waals surface area contributed by atoms with E-state index in [0.29, 0.717) is 11.4 Å². The Balaban J connectivity index is 2.69. The lowest BCUT2D eigenvalue weighted by molar-refractivity contribution is -0.137. The summed E-state index contributed by atoms with van der Waals surface area (Å²) < 4.78 is 44.2. The third-order valence-corrected chi connectivity index (χ3v) is 2.64. The summed E-state index contributed by atoms with van der Waals surface area (Å²) in [6.07, 6.45) is -0.473. The maximum atomic E-state index is 13.1. The first-order valence-electron chi connectivity index (χ1n) is 5.45. The van der Waals surface area contributed by atoms with Gasteiger partial charge in [0.15, 0.2) is 0 Å². The molecule has 0 atom stereocenters. The first kappa shape index (κ1) is 13.3. The zero-order valence-electron chi connectivity index (χ0n) is 10.3. The Morgan fingerprint density at radius 2 is 1.89 bits per heavy atom. The minimum absolute atomic E-state index is 0.0388. The number of aryl methyl sites for hydroxylation is 1. The number of ether oxygens (including phenoxy) is 1.